The smallest absolute Gasteiger partial charge is 0.462 e. The van der Waals surface area contributed by atoms with Crippen molar-refractivity contribution in [1.82, 2.24) is 0 Å². The lowest BCUT2D eigenvalue weighted by Crippen LogP contribution is -2.30. The molecule has 0 aliphatic heterocycles. The Kier molecular flexibility index (Phi) is 67.5. The molecule has 0 fully saturated rings. The predicted octanol–water partition coefficient (Wildman–Crippen LogP) is 22.7. The third-order valence-corrected chi connectivity index (χ3v) is 19.5. The monoisotopic (exact) mass is 1420 g/mol. The Morgan fingerprint density at radius 3 is 0.845 bits per heavy atom. The van der Waals surface area contributed by atoms with Crippen LogP contribution < -0.4 is 0 Å². The largest absolute Gasteiger partial charge is 0.472 e. The van der Waals surface area contributed by atoms with Crippen LogP contribution in [0.4, 0.5) is 0 Å². The van der Waals surface area contributed by atoms with Crippen LogP contribution in [0.5, 0.6) is 0 Å². The number of carbonyl (C=O) groups is 4. The maximum absolute atomic E-state index is 13.1. The van der Waals surface area contributed by atoms with Crippen molar-refractivity contribution in [3.05, 3.63) is 24.3 Å². The molecule has 0 saturated carbocycles. The Bertz CT molecular complexity index is 1970. The Morgan fingerprint density at radius 1 is 0.320 bits per heavy atom. The van der Waals surface area contributed by atoms with Gasteiger partial charge in [0.1, 0.15) is 19.3 Å². The minimum Gasteiger partial charge on any atom is -0.462 e. The number of hydrogen-bond donors (Lipinski definition) is 3. The number of unbranched alkanes of at least 4 members (excludes halogenated alkanes) is 42. The van der Waals surface area contributed by atoms with Crippen molar-refractivity contribution in [3.8, 4) is 0 Å². The van der Waals surface area contributed by atoms with E-state index < -0.39 is 97.5 Å². The number of phosphoric acid groups is 2. The molecule has 5 atom stereocenters. The van der Waals surface area contributed by atoms with Gasteiger partial charge >= 0.3 is 39.5 Å². The predicted molar refractivity (Wildman–Crippen MR) is 395 cm³/mol. The maximum atomic E-state index is 13.1. The Hall–Kier alpha value is -2.46. The normalized spacial score (nSPS) is 14.1. The standard InChI is InChI=1S/C78H148O17P2/c1-7-9-11-13-15-17-18-19-22-26-32-37-43-49-55-61-76(81)89-67-74(95-77(82)62-56-50-44-38-33-27-24-21-20-23-25-30-35-40-46-52-58-70(3)4)69-93-97(86,87)91-65-72(79)64-90-96(84,85)92-68-73(66-88-75(80)60-54-48-42-16-14-12-10-8-2)94-78(83)63-57-51-45-39-34-29-28-31-36-41-47-53-59-71(5)6/h17-19,22,70-74,79H,7-16,20-21,23-69H2,1-6H3,(H,84,85)(H,86,87)/b18-17-,22-19-/t72-,73+,74+/m0/s1. The molecule has 17 nitrogen and oxygen atoms in total. The number of hydrogen-bond acceptors (Lipinski definition) is 15. The SMILES string of the molecule is CCCCCC/C=C\C=C/CCCCCCCC(=O)OC[C@H](COP(=O)(O)OC[C@@H](O)COP(=O)(O)OC[C@@H](COC(=O)CCCCCCCCCC)OC(=O)CCCCCCCCCCCCCCC(C)C)OC(=O)CCCCCCCCCCCCCCCCCCC(C)C. The van der Waals surface area contributed by atoms with Crippen LogP contribution >= 0.6 is 15.6 Å². The van der Waals surface area contributed by atoms with E-state index in [1.54, 1.807) is 0 Å². The molecule has 0 aliphatic rings. The minimum absolute atomic E-state index is 0.101. The van der Waals surface area contributed by atoms with Gasteiger partial charge in [-0.3, -0.25) is 37.3 Å². The first-order valence-corrected chi connectivity index (χ1v) is 42.8. The molecule has 0 aromatic rings. The summed E-state index contributed by atoms with van der Waals surface area (Å²) in [7, 11) is -9.92. The topological polar surface area (TPSA) is 237 Å². The van der Waals surface area contributed by atoms with Gasteiger partial charge < -0.3 is 33.8 Å². The molecular weight excluding hydrogens is 1270 g/mol. The molecule has 0 saturated heterocycles. The van der Waals surface area contributed by atoms with Gasteiger partial charge in [0.15, 0.2) is 12.2 Å². The number of esters is 4. The second-order valence-electron chi connectivity index (χ2n) is 28.4. The summed E-state index contributed by atoms with van der Waals surface area (Å²) in [4.78, 5) is 72.8. The van der Waals surface area contributed by atoms with Crippen LogP contribution in [0, 0.1) is 11.8 Å². The van der Waals surface area contributed by atoms with Crippen molar-refractivity contribution in [2.24, 2.45) is 11.8 Å². The summed E-state index contributed by atoms with van der Waals surface area (Å²) in [6.07, 6.45) is 60.5. The van der Waals surface area contributed by atoms with Gasteiger partial charge in [-0.25, -0.2) is 9.13 Å². The zero-order chi connectivity index (χ0) is 71.4. The molecular formula is C78H148O17P2. The van der Waals surface area contributed by atoms with Gasteiger partial charge in [-0.15, -0.1) is 0 Å². The number of carbonyl (C=O) groups excluding carboxylic acids is 4. The molecule has 572 valence electrons. The van der Waals surface area contributed by atoms with E-state index in [4.69, 9.17) is 37.0 Å². The van der Waals surface area contributed by atoms with Gasteiger partial charge in [0.2, 0.25) is 0 Å². The van der Waals surface area contributed by atoms with E-state index in [1.165, 1.54) is 173 Å². The molecule has 0 aromatic carbocycles. The van der Waals surface area contributed by atoms with Gasteiger partial charge in [-0.05, 0) is 63.2 Å². The average molecular weight is 1420 g/mol. The number of phosphoric ester groups is 2. The zero-order valence-corrected chi connectivity index (χ0v) is 64.7. The molecule has 19 heteroatoms. The van der Waals surface area contributed by atoms with Crippen LogP contribution in [0.1, 0.15) is 382 Å². The molecule has 2 unspecified atom stereocenters. The second-order valence-corrected chi connectivity index (χ2v) is 31.3. The summed E-state index contributed by atoms with van der Waals surface area (Å²) in [5.41, 5.74) is 0. The highest BCUT2D eigenvalue weighted by Gasteiger charge is 2.30. The summed E-state index contributed by atoms with van der Waals surface area (Å²) in [5, 5.41) is 10.6. The first-order chi connectivity index (χ1) is 46.9. The van der Waals surface area contributed by atoms with Gasteiger partial charge in [0.25, 0.3) is 0 Å². The first-order valence-electron chi connectivity index (χ1n) is 39.8. The van der Waals surface area contributed by atoms with E-state index in [1.807, 2.05) is 0 Å². The maximum Gasteiger partial charge on any atom is 0.472 e. The quantitative estimate of drug-likeness (QED) is 0.0169. The first kappa shape index (κ1) is 94.5. The molecule has 0 bridgehead atoms. The highest BCUT2D eigenvalue weighted by atomic mass is 31.2. The summed E-state index contributed by atoms with van der Waals surface area (Å²) in [5.74, 6) is -0.563. The third-order valence-electron chi connectivity index (χ3n) is 17.6. The highest BCUT2D eigenvalue weighted by Crippen LogP contribution is 2.45. The van der Waals surface area contributed by atoms with E-state index in [0.29, 0.717) is 25.7 Å². The fourth-order valence-corrected chi connectivity index (χ4v) is 13.0. The number of aliphatic hydroxyl groups is 1. The summed E-state index contributed by atoms with van der Waals surface area (Å²) < 4.78 is 68.5. The van der Waals surface area contributed by atoms with E-state index in [2.05, 4.69) is 65.8 Å². The molecule has 3 N–H and O–H groups in total. The van der Waals surface area contributed by atoms with E-state index in [-0.39, 0.29) is 25.7 Å². The average Bonchev–Trinajstić information content (AvgIpc) is 2.59. The molecule has 0 radical (unpaired) electrons. The number of aliphatic hydroxyl groups excluding tert-OH is 1. The van der Waals surface area contributed by atoms with Crippen LogP contribution in [0.2, 0.25) is 0 Å². The molecule has 0 rings (SSSR count). The van der Waals surface area contributed by atoms with Crippen molar-refractivity contribution < 1.29 is 80.2 Å². The summed E-state index contributed by atoms with van der Waals surface area (Å²) in [6.45, 7) is 9.55. The van der Waals surface area contributed by atoms with Gasteiger partial charge in [0.05, 0.1) is 26.4 Å². The number of allylic oxidation sites excluding steroid dienone is 4. The van der Waals surface area contributed by atoms with E-state index >= 15 is 0 Å². The van der Waals surface area contributed by atoms with Crippen molar-refractivity contribution in [2.45, 2.75) is 400 Å². The molecule has 0 heterocycles. The van der Waals surface area contributed by atoms with Crippen LogP contribution in [0.15, 0.2) is 24.3 Å². The van der Waals surface area contributed by atoms with E-state index in [0.717, 1.165) is 127 Å². The third kappa shape index (κ3) is 71.7. The lowest BCUT2D eigenvalue weighted by atomic mass is 10.0. The van der Waals surface area contributed by atoms with E-state index in [9.17, 15) is 43.2 Å². The minimum atomic E-state index is -4.97. The molecule has 0 amide bonds. The van der Waals surface area contributed by atoms with Crippen molar-refractivity contribution in [1.29, 1.82) is 0 Å². The Labute approximate surface area is 592 Å². The van der Waals surface area contributed by atoms with Crippen molar-refractivity contribution in [2.75, 3.05) is 39.6 Å². The Morgan fingerprint density at radius 2 is 0.557 bits per heavy atom. The van der Waals surface area contributed by atoms with Crippen LogP contribution in [0.25, 0.3) is 0 Å². The summed E-state index contributed by atoms with van der Waals surface area (Å²) in [6, 6.07) is 0. The summed E-state index contributed by atoms with van der Waals surface area (Å²) >= 11 is 0. The van der Waals surface area contributed by atoms with Crippen molar-refractivity contribution >= 4 is 39.5 Å². The lowest BCUT2D eigenvalue weighted by Gasteiger charge is -2.21. The van der Waals surface area contributed by atoms with Crippen LogP contribution in [0.3, 0.4) is 0 Å². The zero-order valence-electron chi connectivity index (χ0n) is 62.9. The molecule has 0 aliphatic carbocycles. The van der Waals surface area contributed by atoms with Crippen molar-refractivity contribution in [3.63, 3.8) is 0 Å². The highest BCUT2D eigenvalue weighted by molar-refractivity contribution is 7.47. The molecule has 0 spiro atoms. The number of ether oxygens (including phenoxy) is 4. The van der Waals surface area contributed by atoms with Crippen LogP contribution in [-0.2, 0) is 65.4 Å². The van der Waals surface area contributed by atoms with Gasteiger partial charge in [0, 0.05) is 25.7 Å². The van der Waals surface area contributed by atoms with Gasteiger partial charge in [-0.2, -0.15) is 0 Å². The molecule has 0 aromatic heterocycles. The molecule has 97 heavy (non-hydrogen) atoms. The lowest BCUT2D eigenvalue weighted by molar-refractivity contribution is -0.161. The Balaban J connectivity index is 5.24. The van der Waals surface area contributed by atoms with Gasteiger partial charge in [-0.1, -0.05) is 329 Å². The number of rotatable bonds is 75. The fraction of sp³-hybridized carbons (Fsp3) is 0.897. The second kappa shape index (κ2) is 69.3. The van der Waals surface area contributed by atoms with Crippen LogP contribution in [-0.4, -0.2) is 96.7 Å². The fourth-order valence-electron chi connectivity index (χ4n) is 11.5.